The molecule has 3 aromatic carbocycles. The van der Waals surface area contributed by atoms with Crippen LogP contribution in [0.5, 0.6) is 0 Å². The molecule has 0 radical (unpaired) electrons. The van der Waals surface area contributed by atoms with Crippen molar-refractivity contribution in [2.45, 2.75) is 72.0 Å². The molecular formula is C31H39N3O4S. The minimum Gasteiger partial charge on any atom is -0.352 e. The van der Waals surface area contributed by atoms with Gasteiger partial charge in [0, 0.05) is 12.6 Å². The number of sulfonamides is 1. The minimum absolute atomic E-state index is 0.0949. The van der Waals surface area contributed by atoms with Gasteiger partial charge in [-0.25, -0.2) is 8.42 Å². The van der Waals surface area contributed by atoms with Gasteiger partial charge in [-0.05, 0) is 83.4 Å². The van der Waals surface area contributed by atoms with Crippen molar-refractivity contribution in [1.29, 1.82) is 0 Å². The van der Waals surface area contributed by atoms with Crippen molar-refractivity contribution in [2.75, 3.05) is 10.8 Å². The van der Waals surface area contributed by atoms with Crippen LogP contribution in [-0.2, 0) is 26.2 Å². The summed E-state index contributed by atoms with van der Waals surface area (Å²) in [7, 11) is -4.10. The zero-order chi connectivity index (χ0) is 28.9. The Balaban J connectivity index is 2.07. The number of hydrogen-bond donors (Lipinski definition) is 1. The van der Waals surface area contributed by atoms with Crippen molar-refractivity contribution < 1.29 is 18.0 Å². The van der Waals surface area contributed by atoms with E-state index in [1.165, 1.54) is 4.90 Å². The van der Waals surface area contributed by atoms with E-state index in [-0.39, 0.29) is 23.4 Å². The fourth-order valence-electron chi connectivity index (χ4n) is 4.22. The number of nitrogens with one attached hydrogen (secondary N) is 1. The number of hydrogen-bond acceptors (Lipinski definition) is 4. The SMILES string of the molecule is Cc1ccc(CN(C(=O)CN(c2cc(C)ccc2C)S(=O)(=O)c2ccc(C)cc2)C(C)C(=O)NC(C)C)cc1. The van der Waals surface area contributed by atoms with E-state index in [0.717, 1.165) is 32.1 Å². The Morgan fingerprint density at radius 2 is 1.33 bits per heavy atom. The molecule has 1 N–H and O–H groups in total. The van der Waals surface area contributed by atoms with Crippen molar-refractivity contribution in [1.82, 2.24) is 10.2 Å². The van der Waals surface area contributed by atoms with Gasteiger partial charge in [-0.15, -0.1) is 0 Å². The van der Waals surface area contributed by atoms with Crippen LogP contribution in [-0.4, -0.2) is 43.8 Å². The molecule has 1 atom stereocenters. The predicted octanol–water partition coefficient (Wildman–Crippen LogP) is 5.06. The summed E-state index contributed by atoms with van der Waals surface area (Å²) in [5.74, 6) is -0.774. The molecular weight excluding hydrogens is 510 g/mol. The number of carbonyl (C=O) groups excluding carboxylic acids is 2. The first-order valence-corrected chi connectivity index (χ1v) is 14.6. The number of anilines is 1. The zero-order valence-electron chi connectivity index (χ0n) is 23.9. The van der Waals surface area contributed by atoms with E-state index in [1.54, 1.807) is 37.3 Å². The maximum absolute atomic E-state index is 14.0. The van der Waals surface area contributed by atoms with E-state index in [1.807, 2.05) is 77.9 Å². The summed E-state index contributed by atoms with van der Waals surface area (Å²) < 4.78 is 29.1. The molecule has 7 nitrogen and oxygen atoms in total. The molecule has 0 bridgehead atoms. The third kappa shape index (κ3) is 7.47. The van der Waals surface area contributed by atoms with Gasteiger partial charge in [0.15, 0.2) is 0 Å². The quantitative estimate of drug-likeness (QED) is 0.383. The Kier molecular flexibility index (Phi) is 9.56. The highest BCUT2D eigenvalue weighted by Crippen LogP contribution is 2.28. The van der Waals surface area contributed by atoms with E-state index >= 15 is 0 Å². The lowest BCUT2D eigenvalue weighted by Gasteiger charge is -2.33. The fourth-order valence-corrected chi connectivity index (χ4v) is 5.69. The maximum atomic E-state index is 14.0. The van der Waals surface area contributed by atoms with E-state index in [0.29, 0.717) is 5.69 Å². The third-order valence-electron chi connectivity index (χ3n) is 6.59. The molecule has 0 heterocycles. The summed E-state index contributed by atoms with van der Waals surface area (Å²) in [6, 6.07) is 18.9. The Bertz CT molecular complexity index is 1420. The van der Waals surface area contributed by atoms with Crippen molar-refractivity contribution in [3.8, 4) is 0 Å². The predicted molar refractivity (Wildman–Crippen MR) is 156 cm³/mol. The number of rotatable bonds is 10. The van der Waals surface area contributed by atoms with Gasteiger partial charge in [0.25, 0.3) is 10.0 Å². The van der Waals surface area contributed by atoms with Gasteiger partial charge in [0.1, 0.15) is 12.6 Å². The largest absolute Gasteiger partial charge is 0.352 e. The number of carbonyl (C=O) groups is 2. The van der Waals surface area contributed by atoms with Gasteiger partial charge >= 0.3 is 0 Å². The summed E-state index contributed by atoms with van der Waals surface area (Å²) in [6.07, 6.45) is 0. The lowest BCUT2D eigenvalue weighted by Crippen LogP contribution is -2.52. The molecule has 8 heteroatoms. The first-order valence-electron chi connectivity index (χ1n) is 13.1. The van der Waals surface area contributed by atoms with E-state index < -0.39 is 28.5 Å². The number of nitrogens with zero attached hydrogens (tertiary/aromatic N) is 2. The molecule has 0 aliphatic carbocycles. The molecule has 0 aliphatic heterocycles. The second-order valence-electron chi connectivity index (χ2n) is 10.5. The van der Waals surface area contributed by atoms with Crippen LogP contribution in [0, 0.1) is 27.7 Å². The molecule has 3 aromatic rings. The Morgan fingerprint density at radius 1 is 0.795 bits per heavy atom. The second kappa shape index (κ2) is 12.5. The Hall–Kier alpha value is -3.65. The van der Waals surface area contributed by atoms with Gasteiger partial charge in [0.2, 0.25) is 11.8 Å². The van der Waals surface area contributed by atoms with Crippen LogP contribution >= 0.6 is 0 Å². The van der Waals surface area contributed by atoms with Crippen LogP contribution in [0.4, 0.5) is 5.69 Å². The minimum atomic E-state index is -4.10. The molecule has 0 aliphatic rings. The molecule has 0 spiro atoms. The van der Waals surface area contributed by atoms with E-state index in [2.05, 4.69) is 5.32 Å². The highest BCUT2D eigenvalue weighted by Gasteiger charge is 2.33. The molecule has 2 amide bonds. The molecule has 1 unspecified atom stereocenters. The smallest absolute Gasteiger partial charge is 0.264 e. The molecule has 39 heavy (non-hydrogen) atoms. The highest BCUT2D eigenvalue weighted by molar-refractivity contribution is 7.92. The molecule has 0 saturated carbocycles. The van der Waals surface area contributed by atoms with Crippen LogP contribution < -0.4 is 9.62 Å². The normalized spacial score (nSPS) is 12.2. The van der Waals surface area contributed by atoms with Crippen molar-refractivity contribution in [3.05, 3.63) is 94.5 Å². The van der Waals surface area contributed by atoms with Gasteiger partial charge in [0.05, 0.1) is 10.6 Å². The lowest BCUT2D eigenvalue weighted by molar-refractivity contribution is -0.139. The van der Waals surface area contributed by atoms with Gasteiger partial charge in [-0.2, -0.15) is 0 Å². The van der Waals surface area contributed by atoms with Crippen molar-refractivity contribution in [2.24, 2.45) is 0 Å². The third-order valence-corrected chi connectivity index (χ3v) is 8.37. The summed E-state index contributed by atoms with van der Waals surface area (Å²) in [5.41, 5.74) is 4.87. The summed E-state index contributed by atoms with van der Waals surface area (Å²) in [6.45, 7) is 12.6. The summed E-state index contributed by atoms with van der Waals surface area (Å²) in [4.78, 5) is 28.6. The maximum Gasteiger partial charge on any atom is 0.264 e. The highest BCUT2D eigenvalue weighted by atomic mass is 32.2. The Morgan fingerprint density at radius 3 is 1.90 bits per heavy atom. The van der Waals surface area contributed by atoms with Crippen LogP contribution in [0.3, 0.4) is 0 Å². The summed E-state index contributed by atoms with van der Waals surface area (Å²) in [5, 5.41) is 2.87. The zero-order valence-corrected chi connectivity index (χ0v) is 24.7. The number of benzene rings is 3. The van der Waals surface area contributed by atoms with Gasteiger partial charge in [-0.3, -0.25) is 13.9 Å². The van der Waals surface area contributed by atoms with Crippen LogP contribution in [0.15, 0.2) is 71.6 Å². The van der Waals surface area contributed by atoms with E-state index in [4.69, 9.17) is 0 Å². The topological polar surface area (TPSA) is 86.8 Å². The Labute approximate surface area is 232 Å². The van der Waals surface area contributed by atoms with Crippen LogP contribution in [0.2, 0.25) is 0 Å². The van der Waals surface area contributed by atoms with Gasteiger partial charge < -0.3 is 10.2 Å². The monoisotopic (exact) mass is 549 g/mol. The lowest BCUT2D eigenvalue weighted by atomic mass is 10.1. The van der Waals surface area contributed by atoms with Crippen molar-refractivity contribution in [3.63, 3.8) is 0 Å². The van der Waals surface area contributed by atoms with Gasteiger partial charge in [-0.1, -0.05) is 59.7 Å². The molecule has 0 aromatic heterocycles. The number of aryl methyl sites for hydroxylation is 4. The molecule has 0 saturated heterocycles. The first kappa shape index (κ1) is 29.9. The number of amides is 2. The average Bonchev–Trinajstić information content (AvgIpc) is 2.87. The molecule has 0 fully saturated rings. The fraction of sp³-hybridized carbons (Fsp3) is 0.355. The molecule has 3 rings (SSSR count). The van der Waals surface area contributed by atoms with E-state index in [9.17, 15) is 18.0 Å². The standard InChI is InChI=1S/C31H39N3O4S/c1-21(2)32-31(36)26(7)33(19-27-14-9-22(3)10-15-27)30(35)20-34(29-18-24(5)8-13-25(29)6)39(37,38)28-16-11-23(4)12-17-28/h8-18,21,26H,19-20H2,1-7H3,(H,32,36). The van der Waals surface area contributed by atoms with Crippen LogP contribution in [0.25, 0.3) is 0 Å². The van der Waals surface area contributed by atoms with Crippen LogP contribution in [0.1, 0.15) is 48.6 Å². The summed E-state index contributed by atoms with van der Waals surface area (Å²) >= 11 is 0. The first-order chi connectivity index (χ1) is 18.3. The average molecular weight is 550 g/mol. The molecule has 208 valence electrons. The van der Waals surface area contributed by atoms with Crippen molar-refractivity contribution >= 4 is 27.5 Å². The second-order valence-corrected chi connectivity index (χ2v) is 12.3.